The van der Waals surface area contributed by atoms with Crippen LogP contribution in [0.3, 0.4) is 0 Å². The molecule has 0 aliphatic heterocycles. The Morgan fingerprint density at radius 1 is 1.38 bits per heavy atom. The molecule has 0 unspecified atom stereocenters. The minimum absolute atomic E-state index is 0.364. The predicted molar refractivity (Wildman–Crippen MR) is 54.2 cm³/mol. The zero-order valence-corrected chi connectivity index (χ0v) is 9.44. The van der Waals surface area contributed by atoms with E-state index in [1.165, 1.54) is 11.5 Å². The zero-order valence-electron chi connectivity index (χ0n) is 7.04. The highest BCUT2D eigenvalue weighted by atomic mass is 79.9. The summed E-state index contributed by atoms with van der Waals surface area (Å²) in [4.78, 5) is 9.11. The molecule has 6 heteroatoms. The molecule has 0 fully saturated rings. The van der Waals surface area contributed by atoms with Gasteiger partial charge in [0.05, 0.1) is 18.2 Å². The van der Waals surface area contributed by atoms with Gasteiger partial charge in [0, 0.05) is 0 Å². The van der Waals surface area contributed by atoms with Crippen LogP contribution in [0.15, 0.2) is 4.60 Å². The van der Waals surface area contributed by atoms with Crippen molar-refractivity contribution in [3.8, 4) is 6.01 Å². The standard InChI is InChI=1S/C7H6BrN3OS/c1-3-4-5(8)9-7(12-2)10-6(4)13-11-3/h1-2H3. The smallest absolute Gasteiger partial charge is 0.318 e. The van der Waals surface area contributed by atoms with Crippen molar-refractivity contribution in [3.05, 3.63) is 10.3 Å². The largest absolute Gasteiger partial charge is 0.467 e. The van der Waals surface area contributed by atoms with Crippen LogP contribution < -0.4 is 4.74 Å². The van der Waals surface area contributed by atoms with Crippen molar-refractivity contribution in [2.24, 2.45) is 0 Å². The Kier molecular flexibility index (Phi) is 2.17. The summed E-state index contributed by atoms with van der Waals surface area (Å²) in [6.07, 6.45) is 0. The van der Waals surface area contributed by atoms with E-state index in [4.69, 9.17) is 4.74 Å². The minimum atomic E-state index is 0.364. The quantitative estimate of drug-likeness (QED) is 0.737. The molecule has 4 nitrogen and oxygen atoms in total. The number of rotatable bonds is 1. The number of methoxy groups -OCH3 is 1. The average molecular weight is 260 g/mol. The molecule has 2 aromatic rings. The van der Waals surface area contributed by atoms with Crippen molar-refractivity contribution in [1.82, 2.24) is 14.3 Å². The van der Waals surface area contributed by atoms with Crippen LogP contribution >= 0.6 is 27.5 Å². The molecule has 68 valence electrons. The predicted octanol–water partition coefficient (Wildman–Crippen LogP) is 2.17. The first-order chi connectivity index (χ1) is 6.22. The molecule has 0 radical (unpaired) electrons. The fourth-order valence-electron chi connectivity index (χ4n) is 1.01. The van der Waals surface area contributed by atoms with Crippen molar-refractivity contribution in [2.45, 2.75) is 6.92 Å². The summed E-state index contributed by atoms with van der Waals surface area (Å²) in [5, 5.41) is 0.964. The number of aromatic nitrogens is 3. The molecule has 2 heterocycles. The Labute approximate surface area is 87.3 Å². The molecule has 0 spiro atoms. The van der Waals surface area contributed by atoms with Crippen LogP contribution in [0.4, 0.5) is 0 Å². The van der Waals surface area contributed by atoms with E-state index < -0.39 is 0 Å². The van der Waals surface area contributed by atoms with Gasteiger partial charge in [-0.3, -0.25) is 0 Å². The van der Waals surface area contributed by atoms with Crippen molar-refractivity contribution in [3.63, 3.8) is 0 Å². The molecule has 0 aliphatic rings. The van der Waals surface area contributed by atoms with Crippen LogP contribution in [0.25, 0.3) is 10.2 Å². The summed E-state index contributed by atoms with van der Waals surface area (Å²) < 4.78 is 9.86. The lowest BCUT2D eigenvalue weighted by Gasteiger charge is -1.98. The molecule has 0 atom stereocenters. The maximum absolute atomic E-state index is 4.94. The van der Waals surface area contributed by atoms with Gasteiger partial charge in [-0.05, 0) is 34.4 Å². The van der Waals surface area contributed by atoms with E-state index in [9.17, 15) is 0 Å². The van der Waals surface area contributed by atoms with Gasteiger partial charge in [-0.15, -0.1) is 0 Å². The van der Waals surface area contributed by atoms with Crippen LogP contribution in [0, 0.1) is 6.92 Å². The van der Waals surface area contributed by atoms with E-state index in [2.05, 4.69) is 30.3 Å². The third-order valence-corrected chi connectivity index (χ3v) is 3.03. The Hall–Kier alpha value is -0.750. The van der Waals surface area contributed by atoms with Gasteiger partial charge >= 0.3 is 6.01 Å². The molecule has 2 aromatic heterocycles. The second kappa shape index (κ2) is 3.19. The van der Waals surface area contributed by atoms with E-state index in [1.807, 2.05) is 6.92 Å². The highest BCUT2D eigenvalue weighted by Gasteiger charge is 2.10. The molecular formula is C7H6BrN3OS. The van der Waals surface area contributed by atoms with Gasteiger partial charge in [0.1, 0.15) is 4.60 Å². The summed E-state index contributed by atoms with van der Waals surface area (Å²) in [5.74, 6) is 0. The molecule has 13 heavy (non-hydrogen) atoms. The van der Waals surface area contributed by atoms with Gasteiger partial charge in [0.15, 0.2) is 4.83 Å². The topological polar surface area (TPSA) is 47.9 Å². The van der Waals surface area contributed by atoms with Crippen LogP contribution in [-0.4, -0.2) is 21.5 Å². The molecule has 0 saturated heterocycles. The van der Waals surface area contributed by atoms with E-state index in [0.717, 1.165) is 20.5 Å². The molecule has 0 bridgehead atoms. The first kappa shape index (κ1) is 8.83. The summed E-state index contributed by atoms with van der Waals surface area (Å²) in [5.41, 5.74) is 0.939. The summed E-state index contributed by atoms with van der Waals surface area (Å²) in [7, 11) is 1.54. The second-order valence-electron chi connectivity index (χ2n) is 2.45. The van der Waals surface area contributed by atoms with Gasteiger partial charge in [0.2, 0.25) is 0 Å². The normalized spacial score (nSPS) is 10.7. The monoisotopic (exact) mass is 259 g/mol. The van der Waals surface area contributed by atoms with Crippen molar-refractivity contribution < 1.29 is 4.74 Å². The van der Waals surface area contributed by atoms with Crippen LogP contribution in [0.5, 0.6) is 6.01 Å². The molecule has 0 amide bonds. The fraction of sp³-hybridized carbons (Fsp3) is 0.286. The van der Waals surface area contributed by atoms with E-state index in [0.29, 0.717) is 6.01 Å². The Morgan fingerprint density at radius 2 is 2.15 bits per heavy atom. The van der Waals surface area contributed by atoms with Gasteiger partial charge in [-0.25, -0.2) is 0 Å². The molecule has 0 N–H and O–H groups in total. The van der Waals surface area contributed by atoms with E-state index >= 15 is 0 Å². The fourth-order valence-corrected chi connectivity index (χ4v) is 2.54. The molecule has 0 aliphatic carbocycles. The van der Waals surface area contributed by atoms with E-state index in [1.54, 1.807) is 7.11 Å². The van der Waals surface area contributed by atoms with Gasteiger partial charge in [0.25, 0.3) is 0 Å². The number of fused-ring (bicyclic) bond motifs is 1. The lowest BCUT2D eigenvalue weighted by atomic mass is 10.3. The summed E-state index contributed by atoms with van der Waals surface area (Å²) in [6, 6.07) is 0.364. The molecule has 0 aromatic carbocycles. The SMILES string of the molecule is COc1nc(Br)c2c(C)nsc2n1. The number of ether oxygens (including phenoxy) is 1. The number of hydrogen-bond acceptors (Lipinski definition) is 5. The molecule has 2 rings (SSSR count). The van der Waals surface area contributed by atoms with Gasteiger partial charge < -0.3 is 4.74 Å². The average Bonchev–Trinajstić information content (AvgIpc) is 2.48. The minimum Gasteiger partial charge on any atom is -0.467 e. The second-order valence-corrected chi connectivity index (χ2v) is 3.95. The van der Waals surface area contributed by atoms with Crippen LogP contribution in [-0.2, 0) is 0 Å². The number of nitrogens with zero attached hydrogens (tertiary/aromatic N) is 3. The maximum atomic E-state index is 4.94. The van der Waals surface area contributed by atoms with Gasteiger partial charge in [-0.1, -0.05) is 0 Å². The first-order valence-corrected chi connectivity index (χ1v) is 5.12. The summed E-state index contributed by atoms with van der Waals surface area (Å²) in [6.45, 7) is 1.93. The number of aryl methyl sites for hydroxylation is 1. The number of hydrogen-bond donors (Lipinski definition) is 0. The summed E-state index contributed by atoms with van der Waals surface area (Å²) >= 11 is 4.70. The van der Waals surface area contributed by atoms with Crippen molar-refractivity contribution in [2.75, 3.05) is 7.11 Å². The third kappa shape index (κ3) is 1.40. The van der Waals surface area contributed by atoms with Crippen molar-refractivity contribution >= 4 is 37.7 Å². The first-order valence-electron chi connectivity index (χ1n) is 3.56. The van der Waals surface area contributed by atoms with Crippen molar-refractivity contribution in [1.29, 1.82) is 0 Å². The van der Waals surface area contributed by atoms with Gasteiger partial charge in [-0.2, -0.15) is 14.3 Å². The van der Waals surface area contributed by atoms with Crippen LogP contribution in [0.2, 0.25) is 0 Å². The lowest BCUT2D eigenvalue weighted by molar-refractivity contribution is 0.381. The third-order valence-electron chi connectivity index (χ3n) is 1.62. The maximum Gasteiger partial charge on any atom is 0.318 e. The van der Waals surface area contributed by atoms with Crippen LogP contribution in [0.1, 0.15) is 5.69 Å². The highest BCUT2D eigenvalue weighted by molar-refractivity contribution is 9.10. The number of halogens is 1. The Balaban J connectivity index is 2.79. The van der Waals surface area contributed by atoms with E-state index in [-0.39, 0.29) is 0 Å². The molecule has 0 saturated carbocycles. The lowest BCUT2D eigenvalue weighted by Crippen LogP contribution is -1.92. The Morgan fingerprint density at radius 3 is 2.85 bits per heavy atom. The Bertz CT molecular complexity index is 456. The zero-order chi connectivity index (χ0) is 9.42. The molecular weight excluding hydrogens is 254 g/mol. The highest BCUT2D eigenvalue weighted by Crippen LogP contribution is 2.28.